The Bertz CT molecular complexity index is 677. The van der Waals surface area contributed by atoms with Crippen molar-refractivity contribution in [3.05, 3.63) is 41.0 Å². The second kappa shape index (κ2) is 9.45. The fourth-order valence-corrected chi connectivity index (χ4v) is 2.16. The van der Waals surface area contributed by atoms with Gasteiger partial charge in [0.2, 0.25) is 11.6 Å². The van der Waals surface area contributed by atoms with Crippen LogP contribution in [0.1, 0.15) is 0 Å². The highest BCUT2D eigenvalue weighted by Gasteiger charge is 2.27. The van der Waals surface area contributed by atoms with Gasteiger partial charge in [-0.1, -0.05) is 0 Å². The average Bonchev–Trinajstić information content (AvgIpc) is 2.62. The summed E-state index contributed by atoms with van der Waals surface area (Å²) in [5.41, 5.74) is 0.439. The second-order valence-corrected chi connectivity index (χ2v) is 4.99. The fraction of sp³-hybridized carbons (Fsp3) is 0.400. The predicted octanol–water partition coefficient (Wildman–Crippen LogP) is 1.62. The molecule has 0 aliphatic rings. The number of pyridine rings is 1. The van der Waals surface area contributed by atoms with Crippen molar-refractivity contribution in [1.82, 2.24) is 15.0 Å². The van der Waals surface area contributed by atoms with Crippen molar-refractivity contribution in [2.75, 3.05) is 50.7 Å². The molecule has 0 unspecified atom stereocenters. The molecule has 2 aromatic rings. The van der Waals surface area contributed by atoms with Crippen molar-refractivity contribution in [3.8, 4) is 0 Å². The molecule has 0 aromatic carbocycles. The summed E-state index contributed by atoms with van der Waals surface area (Å²) in [6.45, 7) is 1.68. The molecule has 0 bridgehead atoms. The molecule has 0 saturated carbocycles. The molecule has 2 heterocycles. The molecule has 2 rings (SSSR count). The van der Waals surface area contributed by atoms with E-state index in [1.165, 1.54) is 6.33 Å². The van der Waals surface area contributed by atoms with Crippen LogP contribution in [0.25, 0.3) is 0 Å². The SMILES string of the molecule is COCCN(CCOC)c1ncnc(Nc2ccncc2)c1[N+](=O)[O-]. The first kappa shape index (κ1) is 18.5. The van der Waals surface area contributed by atoms with Gasteiger partial charge in [0, 0.05) is 45.4 Å². The van der Waals surface area contributed by atoms with E-state index in [1.807, 2.05) is 0 Å². The van der Waals surface area contributed by atoms with Gasteiger partial charge >= 0.3 is 5.69 Å². The normalized spacial score (nSPS) is 10.5. The lowest BCUT2D eigenvalue weighted by atomic mass is 10.3. The van der Waals surface area contributed by atoms with Crippen LogP contribution < -0.4 is 10.2 Å². The molecule has 0 radical (unpaired) electrons. The molecular weight excluding hydrogens is 328 g/mol. The standard InChI is InChI=1S/C15H20N6O4/c1-24-9-7-20(8-10-25-2)15-13(21(22)23)14(17-11-18-15)19-12-3-5-16-6-4-12/h3-6,11H,7-10H2,1-2H3,(H,16,17,18,19). The van der Waals surface area contributed by atoms with Crippen molar-refractivity contribution in [2.24, 2.45) is 0 Å². The number of nitrogens with zero attached hydrogens (tertiary/aromatic N) is 5. The van der Waals surface area contributed by atoms with Crippen LogP contribution in [-0.2, 0) is 9.47 Å². The Morgan fingerprint density at radius 3 is 2.36 bits per heavy atom. The Balaban J connectivity index is 2.38. The van der Waals surface area contributed by atoms with Gasteiger partial charge in [0.25, 0.3) is 0 Å². The number of anilines is 3. The van der Waals surface area contributed by atoms with E-state index in [4.69, 9.17) is 9.47 Å². The number of nitrogens with one attached hydrogen (secondary N) is 1. The highest BCUT2D eigenvalue weighted by Crippen LogP contribution is 2.33. The van der Waals surface area contributed by atoms with Gasteiger partial charge in [0.15, 0.2) is 0 Å². The minimum atomic E-state index is -0.495. The minimum absolute atomic E-state index is 0.112. The maximum absolute atomic E-state index is 11.7. The van der Waals surface area contributed by atoms with Crippen LogP contribution in [0.15, 0.2) is 30.9 Å². The predicted molar refractivity (Wildman–Crippen MR) is 92.2 cm³/mol. The van der Waals surface area contributed by atoms with Crippen LogP contribution in [0.4, 0.5) is 23.0 Å². The van der Waals surface area contributed by atoms with Crippen LogP contribution in [-0.4, -0.2) is 60.4 Å². The number of hydrogen-bond acceptors (Lipinski definition) is 9. The largest absolute Gasteiger partial charge is 0.383 e. The summed E-state index contributed by atoms with van der Waals surface area (Å²) in [4.78, 5) is 25.0. The molecular formula is C15H20N6O4. The number of aromatic nitrogens is 3. The van der Waals surface area contributed by atoms with E-state index in [2.05, 4.69) is 20.3 Å². The van der Waals surface area contributed by atoms with Gasteiger partial charge in [-0.15, -0.1) is 0 Å². The summed E-state index contributed by atoms with van der Waals surface area (Å²) >= 11 is 0. The number of methoxy groups -OCH3 is 2. The number of rotatable bonds is 10. The quantitative estimate of drug-likeness (QED) is 0.505. The number of ether oxygens (including phenoxy) is 2. The van der Waals surface area contributed by atoms with Crippen LogP contribution in [0.3, 0.4) is 0 Å². The third-order valence-corrected chi connectivity index (χ3v) is 3.36. The Morgan fingerprint density at radius 2 is 1.80 bits per heavy atom. The van der Waals surface area contributed by atoms with Gasteiger partial charge < -0.3 is 19.7 Å². The molecule has 10 nitrogen and oxygen atoms in total. The van der Waals surface area contributed by atoms with Crippen LogP contribution in [0, 0.1) is 10.1 Å². The van der Waals surface area contributed by atoms with Gasteiger partial charge in [-0.25, -0.2) is 9.97 Å². The summed E-state index contributed by atoms with van der Waals surface area (Å²) < 4.78 is 10.2. The smallest absolute Gasteiger partial charge is 0.353 e. The van der Waals surface area contributed by atoms with Crippen molar-refractivity contribution in [2.45, 2.75) is 0 Å². The topological polar surface area (TPSA) is 116 Å². The van der Waals surface area contributed by atoms with E-state index in [-0.39, 0.29) is 17.3 Å². The minimum Gasteiger partial charge on any atom is -0.383 e. The average molecular weight is 348 g/mol. The zero-order chi connectivity index (χ0) is 18.1. The van der Waals surface area contributed by atoms with Gasteiger partial charge in [-0.05, 0) is 12.1 Å². The molecule has 0 fully saturated rings. The Labute approximate surface area is 145 Å². The summed E-state index contributed by atoms with van der Waals surface area (Å²) in [7, 11) is 3.14. The van der Waals surface area contributed by atoms with E-state index in [0.29, 0.717) is 32.0 Å². The first-order valence-electron chi connectivity index (χ1n) is 7.56. The molecule has 1 N–H and O–H groups in total. The summed E-state index contributed by atoms with van der Waals surface area (Å²) in [6, 6.07) is 3.39. The maximum Gasteiger partial charge on any atom is 0.353 e. The maximum atomic E-state index is 11.7. The summed E-state index contributed by atoms with van der Waals surface area (Å²) in [5, 5.41) is 14.6. The molecule has 0 atom stereocenters. The lowest BCUT2D eigenvalue weighted by Crippen LogP contribution is -2.32. The Hall–Kier alpha value is -2.85. The number of hydrogen-bond donors (Lipinski definition) is 1. The van der Waals surface area contributed by atoms with Gasteiger partial charge in [0.05, 0.1) is 18.1 Å². The molecule has 2 aromatic heterocycles. The van der Waals surface area contributed by atoms with Crippen LogP contribution in [0.2, 0.25) is 0 Å². The first-order chi connectivity index (χ1) is 12.2. The lowest BCUT2D eigenvalue weighted by molar-refractivity contribution is -0.383. The third-order valence-electron chi connectivity index (χ3n) is 3.36. The molecule has 134 valence electrons. The molecule has 0 aliphatic carbocycles. The molecule has 0 aliphatic heterocycles. The van der Waals surface area contributed by atoms with Gasteiger partial charge in [-0.3, -0.25) is 15.1 Å². The monoisotopic (exact) mass is 348 g/mol. The highest BCUT2D eigenvalue weighted by atomic mass is 16.6. The first-order valence-corrected chi connectivity index (χ1v) is 7.56. The summed E-state index contributed by atoms with van der Waals surface area (Å²) in [6.07, 6.45) is 4.46. The Morgan fingerprint density at radius 1 is 1.16 bits per heavy atom. The lowest BCUT2D eigenvalue weighted by Gasteiger charge is -2.23. The van der Waals surface area contributed by atoms with E-state index >= 15 is 0 Å². The summed E-state index contributed by atoms with van der Waals surface area (Å²) in [5.74, 6) is 0.326. The molecule has 10 heteroatoms. The molecule has 0 amide bonds. The third kappa shape index (κ3) is 5.06. The van der Waals surface area contributed by atoms with Gasteiger partial charge in [0.1, 0.15) is 6.33 Å². The zero-order valence-corrected chi connectivity index (χ0v) is 14.1. The highest BCUT2D eigenvalue weighted by molar-refractivity contribution is 5.74. The van der Waals surface area contributed by atoms with Crippen molar-refractivity contribution >= 4 is 23.0 Å². The Kier molecular flexibility index (Phi) is 6.99. The van der Waals surface area contributed by atoms with Crippen molar-refractivity contribution in [1.29, 1.82) is 0 Å². The van der Waals surface area contributed by atoms with E-state index in [1.54, 1.807) is 43.6 Å². The molecule has 25 heavy (non-hydrogen) atoms. The van der Waals surface area contributed by atoms with Crippen LogP contribution >= 0.6 is 0 Å². The van der Waals surface area contributed by atoms with Crippen LogP contribution in [0.5, 0.6) is 0 Å². The van der Waals surface area contributed by atoms with Gasteiger partial charge in [-0.2, -0.15) is 0 Å². The van der Waals surface area contributed by atoms with Crippen molar-refractivity contribution in [3.63, 3.8) is 0 Å². The van der Waals surface area contributed by atoms with E-state index in [9.17, 15) is 10.1 Å². The zero-order valence-electron chi connectivity index (χ0n) is 14.1. The molecule has 0 spiro atoms. The second-order valence-electron chi connectivity index (χ2n) is 4.99. The fourth-order valence-electron chi connectivity index (χ4n) is 2.16. The molecule has 0 saturated heterocycles. The number of nitro groups is 1. The van der Waals surface area contributed by atoms with E-state index in [0.717, 1.165) is 0 Å². The van der Waals surface area contributed by atoms with E-state index < -0.39 is 4.92 Å². The van der Waals surface area contributed by atoms with Crippen molar-refractivity contribution < 1.29 is 14.4 Å².